The first-order chi connectivity index (χ1) is 11.2. The van der Waals surface area contributed by atoms with Crippen molar-refractivity contribution in [1.82, 2.24) is 0 Å². The summed E-state index contributed by atoms with van der Waals surface area (Å²) in [5.41, 5.74) is 1.41. The molecular weight excluding hydrogens is 296 g/mol. The summed E-state index contributed by atoms with van der Waals surface area (Å²) in [7, 11) is 1.61. The Morgan fingerprint density at radius 1 is 0.913 bits per heavy atom. The van der Waals surface area contributed by atoms with Crippen molar-refractivity contribution in [2.24, 2.45) is 0 Å². The van der Waals surface area contributed by atoms with Gasteiger partial charge in [-0.3, -0.25) is 0 Å². The Morgan fingerprint density at radius 3 is 1.96 bits per heavy atom. The van der Waals surface area contributed by atoms with Crippen molar-refractivity contribution in [3.05, 3.63) is 34.9 Å². The van der Waals surface area contributed by atoms with Gasteiger partial charge in [0, 0.05) is 18.2 Å². The number of benzene rings is 1. The fraction of sp³-hybridized carbons (Fsp3) is 0.389. The topological polar surface area (TPSA) is 54.0 Å². The molecule has 122 valence electrons. The SMILES string of the molecule is C#Cc1cc(C#C)cc(C(=O)OCCOCCOCCOC)c1. The number of esters is 1. The lowest BCUT2D eigenvalue weighted by Gasteiger charge is -2.07. The summed E-state index contributed by atoms with van der Waals surface area (Å²) in [5.74, 6) is 4.41. The summed E-state index contributed by atoms with van der Waals surface area (Å²) >= 11 is 0. The second-order valence-electron chi connectivity index (χ2n) is 4.44. The third-order valence-corrected chi connectivity index (χ3v) is 2.77. The van der Waals surface area contributed by atoms with Gasteiger partial charge >= 0.3 is 5.97 Å². The van der Waals surface area contributed by atoms with Crippen LogP contribution in [0.1, 0.15) is 21.5 Å². The number of methoxy groups -OCH3 is 1. The highest BCUT2D eigenvalue weighted by molar-refractivity contribution is 5.90. The molecule has 0 radical (unpaired) electrons. The second-order valence-corrected chi connectivity index (χ2v) is 4.44. The van der Waals surface area contributed by atoms with Crippen LogP contribution in [-0.4, -0.2) is 52.7 Å². The molecule has 5 heteroatoms. The van der Waals surface area contributed by atoms with Gasteiger partial charge in [0.25, 0.3) is 0 Å². The van der Waals surface area contributed by atoms with Gasteiger partial charge in [-0.2, -0.15) is 0 Å². The molecule has 0 saturated heterocycles. The molecule has 0 saturated carbocycles. The third kappa shape index (κ3) is 7.49. The van der Waals surface area contributed by atoms with Crippen molar-refractivity contribution >= 4 is 5.97 Å². The zero-order valence-electron chi connectivity index (χ0n) is 13.2. The van der Waals surface area contributed by atoms with E-state index in [0.717, 1.165) is 0 Å². The molecule has 0 bridgehead atoms. The number of ether oxygens (including phenoxy) is 4. The van der Waals surface area contributed by atoms with E-state index in [1.165, 1.54) is 0 Å². The first-order valence-corrected chi connectivity index (χ1v) is 7.11. The van der Waals surface area contributed by atoms with Gasteiger partial charge in [0.05, 0.1) is 38.6 Å². The van der Waals surface area contributed by atoms with Crippen molar-refractivity contribution in [3.8, 4) is 24.7 Å². The Bertz CT molecular complexity index is 548. The zero-order chi connectivity index (χ0) is 16.9. The first kappa shape index (κ1) is 18.7. The molecule has 0 amide bonds. The van der Waals surface area contributed by atoms with Crippen molar-refractivity contribution < 1.29 is 23.7 Å². The molecule has 0 unspecified atom stereocenters. The summed E-state index contributed by atoms with van der Waals surface area (Å²) in [4.78, 5) is 11.9. The van der Waals surface area contributed by atoms with Gasteiger partial charge in [0.2, 0.25) is 0 Å². The Balaban J connectivity index is 2.27. The number of carbonyl (C=O) groups excluding carboxylic acids is 1. The Morgan fingerprint density at radius 2 is 1.43 bits per heavy atom. The maximum Gasteiger partial charge on any atom is 0.338 e. The molecule has 0 spiro atoms. The van der Waals surface area contributed by atoms with Crippen LogP contribution in [0, 0.1) is 24.7 Å². The van der Waals surface area contributed by atoms with Crippen LogP contribution in [0.2, 0.25) is 0 Å². The summed E-state index contributed by atoms with van der Waals surface area (Å²) in [6, 6.07) is 4.78. The minimum atomic E-state index is -0.487. The summed E-state index contributed by atoms with van der Waals surface area (Å²) in [6.45, 7) is 2.40. The quantitative estimate of drug-likeness (QED) is 0.372. The molecule has 0 N–H and O–H groups in total. The predicted octanol–water partition coefficient (Wildman–Crippen LogP) is 1.49. The molecule has 1 aromatic carbocycles. The summed E-state index contributed by atoms with van der Waals surface area (Å²) in [6.07, 6.45) is 10.7. The Labute approximate surface area is 136 Å². The van der Waals surface area contributed by atoms with Crippen LogP contribution in [-0.2, 0) is 18.9 Å². The van der Waals surface area contributed by atoms with Crippen molar-refractivity contribution in [2.75, 3.05) is 46.8 Å². The predicted molar refractivity (Wildman–Crippen MR) is 86.1 cm³/mol. The number of hydrogen-bond donors (Lipinski definition) is 0. The van der Waals surface area contributed by atoms with Crippen LogP contribution in [0.3, 0.4) is 0 Å². The smallest absolute Gasteiger partial charge is 0.338 e. The molecule has 0 aliphatic rings. The van der Waals surface area contributed by atoms with Crippen LogP contribution < -0.4 is 0 Å². The maximum absolute atomic E-state index is 11.9. The molecule has 5 nitrogen and oxygen atoms in total. The minimum Gasteiger partial charge on any atom is -0.460 e. The van der Waals surface area contributed by atoms with E-state index in [-0.39, 0.29) is 13.2 Å². The summed E-state index contributed by atoms with van der Waals surface area (Å²) < 4.78 is 20.5. The molecular formula is C18H20O5. The van der Waals surface area contributed by atoms with E-state index in [2.05, 4.69) is 11.8 Å². The van der Waals surface area contributed by atoms with Crippen molar-refractivity contribution in [3.63, 3.8) is 0 Å². The van der Waals surface area contributed by atoms with E-state index in [9.17, 15) is 4.79 Å². The van der Waals surface area contributed by atoms with Gasteiger partial charge in [-0.15, -0.1) is 12.8 Å². The van der Waals surface area contributed by atoms with Gasteiger partial charge in [-0.05, 0) is 18.2 Å². The minimum absolute atomic E-state index is 0.141. The molecule has 0 heterocycles. The molecule has 0 aliphatic heterocycles. The normalized spacial score (nSPS) is 9.87. The Kier molecular flexibility index (Phi) is 9.19. The average molecular weight is 316 g/mol. The van der Waals surface area contributed by atoms with Crippen molar-refractivity contribution in [1.29, 1.82) is 0 Å². The van der Waals surface area contributed by atoms with Gasteiger partial charge in [0.1, 0.15) is 6.61 Å². The number of carbonyl (C=O) groups is 1. The van der Waals surface area contributed by atoms with Crippen LogP contribution in [0.25, 0.3) is 0 Å². The monoisotopic (exact) mass is 316 g/mol. The highest BCUT2D eigenvalue weighted by Gasteiger charge is 2.09. The number of rotatable bonds is 10. The van der Waals surface area contributed by atoms with Gasteiger partial charge in [-0.1, -0.05) is 11.8 Å². The van der Waals surface area contributed by atoms with Gasteiger partial charge < -0.3 is 18.9 Å². The molecule has 0 fully saturated rings. The first-order valence-electron chi connectivity index (χ1n) is 7.11. The lowest BCUT2D eigenvalue weighted by atomic mass is 10.1. The number of hydrogen-bond acceptors (Lipinski definition) is 5. The second kappa shape index (κ2) is 11.3. The zero-order valence-corrected chi connectivity index (χ0v) is 13.2. The molecule has 1 rings (SSSR count). The van der Waals surface area contributed by atoms with E-state index in [0.29, 0.717) is 43.1 Å². The van der Waals surface area contributed by atoms with Crippen LogP contribution >= 0.6 is 0 Å². The lowest BCUT2D eigenvalue weighted by Crippen LogP contribution is -2.14. The molecule has 0 aliphatic carbocycles. The molecule has 1 aromatic rings. The lowest BCUT2D eigenvalue weighted by molar-refractivity contribution is 0.00570. The average Bonchev–Trinajstić information content (AvgIpc) is 2.59. The van der Waals surface area contributed by atoms with E-state index in [1.807, 2.05) is 0 Å². The van der Waals surface area contributed by atoms with E-state index in [4.69, 9.17) is 31.8 Å². The van der Waals surface area contributed by atoms with E-state index in [1.54, 1.807) is 25.3 Å². The number of terminal acetylenes is 2. The molecule has 23 heavy (non-hydrogen) atoms. The molecule has 0 atom stereocenters. The highest BCUT2D eigenvalue weighted by Crippen LogP contribution is 2.10. The maximum atomic E-state index is 11.9. The summed E-state index contributed by atoms with van der Waals surface area (Å²) in [5, 5.41) is 0. The highest BCUT2D eigenvalue weighted by atomic mass is 16.6. The van der Waals surface area contributed by atoms with E-state index < -0.39 is 5.97 Å². The van der Waals surface area contributed by atoms with Gasteiger partial charge in [-0.25, -0.2) is 4.79 Å². The van der Waals surface area contributed by atoms with Crippen LogP contribution in [0.4, 0.5) is 0 Å². The van der Waals surface area contributed by atoms with Crippen LogP contribution in [0.5, 0.6) is 0 Å². The van der Waals surface area contributed by atoms with Crippen molar-refractivity contribution in [2.45, 2.75) is 0 Å². The molecule has 0 aromatic heterocycles. The van der Waals surface area contributed by atoms with E-state index >= 15 is 0 Å². The Hall–Kier alpha value is -2.31. The van der Waals surface area contributed by atoms with Crippen LogP contribution in [0.15, 0.2) is 18.2 Å². The largest absolute Gasteiger partial charge is 0.460 e. The third-order valence-electron chi connectivity index (χ3n) is 2.77. The standard InChI is InChI=1S/C18H20O5/c1-4-15-12-16(5-2)14-17(13-15)18(19)23-11-10-22-9-8-21-7-6-20-3/h1-2,12-14H,6-11H2,3H3. The fourth-order valence-electron chi connectivity index (χ4n) is 1.65. The van der Waals surface area contributed by atoms with Gasteiger partial charge in [0.15, 0.2) is 0 Å². The fourth-order valence-corrected chi connectivity index (χ4v) is 1.65.